The minimum absolute atomic E-state index is 0.165. The molecule has 8 heteroatoms. The van der Waals surface area contributed by atoms with Crippen molar-refractivity contribution in [3.8, 4) is 11.5 Å². The molecule has 1 fully saturated rings. The quantitative estimate of drug-likeness (QED) is 0.266. The molecular formula is C29H28N2O4S2. The number of anilines is 2. The summed E-state index contributed by atoms with van der Waals surface area (Å²) < 4.78 is 12.1. The Hall–Kier alpha value is -3.62. The van der Waals surface area contributed by atoms with Gasteiger partial charge in [-0.1, -0.05) is 65.9 Å². The average Bonchev–Trinajstić information content (AvgIpc) is 3.14. The van der Waals surface area contributed by atoms with Crippen molar-refractivity contribution >= 4 is 57.6 Å². The van der Waals surface area contributed by atoms with Gasteiger partial charge in [-0.2, -0.15) is 0 Å². The van der Waals surface area contributed by atoms with Crippen LogP contribution in [0.5, 0.6) is 11.5 Å². The van der Waals surface area contributed by atoms with Gasteiger partial charge in [0.2, 0.25) is 0 Å². The third-order valence-corrected chi connectivity index (χ3v) is 6.98. The third-order valence-electron chi connectivity index (χ3n) is 5.67. The minimum atomic E-state index is -0.258. The Labute approximate surface area is 226 Å². The summed E-state index contributed by atoms with van der Waals surface area (Å²) in [5, 5.41) is 2.94. The number of nitrogens with zero attached hydrogens (tertiary/aromatic N) is 1. The van der Waals surface area contributed by atoms with E-state index < -0.39 is 0 Å². The Morgan fingerprint density at radius 2 is 1.70 bits per heavy atom. The first-order valence-corrected chi connectivity index (χ1v) is 13.1. The molecule has 0 bridgehead atoms. The number of benzene rings is 3. The first kappa shape index (κ1) is 26.4. The summed E-state index contributed by atoms with van der Waals surface area (Å²) in [6.07, 6.45) is 1.78. The van der Waals surface area contributed by atoms with Gasteiger partial charge in [0.25, 0.3) is 11.8 Å². The summed E-state index contributed by atoms with van der Waals surface area (Å²) in [6, 6.07) is 18.7. The van der Waals surface area contributed by atoms with Gasteiger partial charge in [0.1, 0.15) is 0 Å². The molecule has 3 aromatic rings. The molecule has 0 aliphatic carbocycles. The molecule has 1 heterocycles. The van der Waals surface area contributed by atoms with Crippen LogP contribution in [0, 0.1) is 20.8 Å². The molecule has 2 amide bonds. The molecule has 0 unspecified atom stereocenters. The molecule has 6 nitrogen and oxygen atoms in total. The number of rotatable bonds is 8. The zero-order valence-corrected chi connectivity index (χ0v) is 22.8. The van der Waals surface area contributed by atoms with E-state index in [0.29, 0.717) is 27.3 Å². The molecule has 0 atom stereocenters. The number of aryl methyl sites for hydroxylation is 3. The molecule has 0 spiro atoms. The normalized spacial score (nSPS) is 14.3. The second-order valence-corrected chi connectivity index (χ2v) is 10.3. The van der Waals surface area contributed by atoms with Gasteiger partial charge in [-0.15, -0.1) is 0 Å². The van der Waals surface area contributed by atoms with Crippen molar-refractivity contribution in [2.45, 2.75) is 27.7 Å². The lowest BCUT2D eigenvalue weighted by molar-refractivity contribution is -0.118. The monoisotopic (exact) mass is 532 g/mol. The smallest absolute Gasteiger partial charge is 0.270 e. The molecule has 0 saturated carbocycles. The van der Waals surface area contributed by atoms with Crippen LogP contribution in [0.2, 0.25) is 0 Å². The Kier molecular flexibility index (Phi) is 8.31. The predicted molar refractivity (Wildman–Crippen MR) is 154 cm³/mol. The van der Waals surface area contributed by atoms with Crippen LogP contribution < -0.4 is 19.7 Å². The van der Waals surface area contributed by atoms with Crippen molar-refractivity contribution in [3.05, 3.63) is 87.8 Å². The van der Waals surface area contributed by atoms with E-state index in [9.17, 15) is 9.59 Å². The molecule has 0 radical (unpaired) electrons. The van der Waals surface area contributed by atoms with Crippen LogP contribution in [0.3, 0.4) is 0 Å². The number of nitrogens with one attached hydrogen (secondary N) is 1. The van der Waals surface area contributed by atoms with Gasteiger partial charge in [0.15, 0.2) is 22.4 Å². The molecule has 1 saturated heterocycles. The van der Waals surface area contributed by atoms with E-state index >= 15 is 0 Å². The van der Waals surface area contributed by atoms with E-state index in [1.807, 2.05) is 76.2 Å². The largest absolute Gasteiger partial charge is 0.490 e. The SMILES string of the molecule is CCOc1cc(/C=C2\SC(=S)N(c3ccccc3)C2=O)ccc1OCC(=O)Nc1c(C)cc(C)cc1C. The number of hydrogen-bond acceptors (Lipinski definition) is 6. The standard InChI is InChI=1S/C29H28N2O4S2/c1-5-34-24-15-21(16-25-28(33)31(29(36)37-25)22-9-7-6-8-10-22)11-12-23(24)35-17-26(32)30-27-19(3)13-18(2)14-20(27)4/h6-16H,5,17H2,1-4H3,(H,30,32)/b25-16-. The van der Waals surface area contributed by atoms with E-state index in [4.69, 9.17) is 21.7 Å². The molecule has 1 aliphatic heterocycles. The highest BCUT2D eigenvalue weighted by molar-refractivity contribution is 8.27. The van der Waals surface area contributed by atoms with E-state index in [2.05, 4.69) is 5.32 Å². The number of thiocarbonyl (C=S) groups is 1. The molecule has 1 N–H and O–H groups in total. The van der Waals surface area contributed by atoms with Gasteiger partial charge in [-0.05, 0) is 74.7 Å². The fourth-order valence-electron chi connectivity index (χ4n) is 4.12. The number of carbonyl (C=O) groups is 2. The maximum Gasteiger partial charge on any atom is 0.270 e. The first-order valence-electron chi connectivity index (χ1n) is 11.9. The van der Waals surface area contributed by atoms with E-state index in [1.165, 1.54) is 16.7 Å². The van der Waals surface area contributed by atoms with Crippen LogP contribution >= 0.6 is 24.0 Å². The zero-order chi connectivity index (χ0) is 26.5. The highest BCUT2D eigenvalue weighted by Gasteiger charge is 2.33. The summed E-state index contributed by atoms with van der Waals surface area (Å²) in [6.45, 7) is 8.09. The second kappa shape index (κ2) is 11.6. The lowest BCUT2D eigenvalue weighted by Gasteiger charge is -2.15. The predicted octanol–water partition coefficient (Wildman–Crippen LogP) is 6.43. The highest BCUT2D eigenvalue weighted by atomic mass is 32.2. The number of carbonyl (C=O) groups excluding carboxylic acids is 2. The highest BCUT2D eigenvalue weighted by Crippen LogP contribution is 2.37. The van der Waals surface area contributed by atoms with Gasteiger partial charge in [-0.25, -0.2) is 0 Å². The second-order valence-electron chi connectivity index (χ2n) is 8.60. The average molecular weight is 533 g/mol. The van der Waals surface area contributed by atoms with Crippen molar-refractivity contribution in [2.75, 3.05) is 23.4 Å². The van der Waals surface area contributed by atoms with Gasteiger partial charge in [0.05, 0.1) is 17.2 Å². The van der Waals surface area contributed by atoms with Crippen molar-refractivity contribution in [2.24, 2.45) is 0 Å². The number of hydrogen-bond donors (Lipinski definition) is 1. The zero-order valence-electron chi connectivity index (χ0n) is 21.2. The molecule has 190 valence electrons. The number of para-hydroxylation sites is 1. The van der Waals surface area contributed by atoms with Gasteiger partial charge in [-0.3, -0.25) is 14.5 Å². The van der Waals surface area contributed by atoms with Crippen molar-refractivity contribution in [1.29, 1.82) is 0 Å². The van der Waals surface area contributed by atoms with Gasteiger partial charge >= 0.3 is 0 Å². The molecule has 0 aromatic heterocycles. The first-order chi connectivity index (χ1) is 17.8. The van der Waals surface area contributed by atoms with Crippen LogP contribution in [0.1, 0.15) is 29.2 Å². The molecular weight excluding hydrogens is 504 g/mol. The van der Waals surface area contributed by atoms with Crippen LogP contribution in [-0.2, 0) is 9.59 Å². The van der Waals surface area contributed by atoms with Crippen LogP contribution in [0.4, 0.5) is 11.4 Å². The third kappa shape index (κ3) is 6.21. The maximum absolute atomic E-state index is 13.0. The van der Waals surface area contributed by atoms with E-state index in [1.54, 1.807) is 18.2 Å². The number of amides is 2. The van der Waals surface area contributed by atoms with Gasteiger partial charge in [0, 0.05) is 5.69 Å². The lowest BCUT2D eigenvalue weighted by atomic mass is 10.1. The van der Waals surface area contributed by atoms with Crippen LogP contribution in [-0.4, -0.2) is 29.3 Å². The lowest BCUT2D eigenvalue weighted by Crippen LogP contribution is -2.27. The Bertz CT molecular complexity index is 1360. The summed E-state index contributed by atoms with van der Waals surface area (Å²) >= 11 is 6.71. The number of ether oxygens (including phenoxy) is 2. The Morgan fingerprint density at radius 1 is 1.00 bits per heavy atom. The fourth-order valence-corrected chi connectivity index (χ4v) is 5.42. The molecule has 1 aliphatic rings. The summed E-state index contributed by atoms with van der Waals surface area (Å²) in [4.78, 5) is 27.7. The topological polar surface area (TPSA) is 67.9 Å². The van der Waals surface area contributed by atoms with Crippen LogP contribution in [0.25, 0.3) is 6.08 Å². The molecule has 3 aromatic carbocycles. The van der Waals surface area contributed by atoms with Crippen molar-refractivity contribution < 1.29 is 19.1 Å². The van der Waals surface area contributed by atoms with Crippen LogP contribution in [0.15, 0.2) is 65.6 Å². The fraction of sp³-hybridized carbons (Fsp3) is 0.207. The Balaban J connectivity index is 1.48. The summed E-state index contributed by atoms with van der Waals surface area (Å²) in [7, 11) is 0. The summed E-state index contributed by atoms with van der Waals surface area (Å²) in [5.74, 6) is 0.512. The van der Waals surface area contributed by atoms with E-state index in [0.717, 1.165) is 33.6 Å². The molecule has 37 heavy (non-hydrogen) atoms. The Morgan fingerprint density at radius 3 is 2.38 bits per heavy atom. The van der Waals surface area contributed by atoms with Crippen molar-refractivity contribution in [3.63, 3.8) is 0 Å². The minimum Gasteiger partial charge on any atom is -0.490 e. The molecule has 4 rings (SSSR count). The maximum atomic E-state index is 13.0. The van der Waals surface area contributed by atoms with E-state index in [-0.39, 0.29) is 18.4 Å². The summed E-state index contributed by atoms with van der Waals surface area (Å²) in [5.41, 5.74) is 5.45. The van der Waals surface area contributed by atoms with Gasteiger partial charge < -0.3 is 14.8 Å². The van der Waals surface area contributed by atoms with Crippen molar-refractivity contribution in [1.82, 2.24) is 0 Å². The number of thioether (sulfide) groups is 1.